The van der Waals surface area contributed by atoms with Crippen LogP contribution in [0.2, 0.25) is 0 Å². The SMILES string of the molecule is O=C(CCc1nc2ccccc2s1)Nc1ccc(NC(=O)c2ccco2)cc1. The summed E-state index contributed by atoms with van der Waals surface area (Å²) < 4.78 is 6.18. The zero-order chi connectivity index (χ0) is 19.3. The van der Waals surface area contributed by atoms with Crippen molar-refractivity contribution in [3.05, 3.63) is 77.7 Å². The predicted octanol–water partition coefficient (Wildman–Crippen LogP) is 4.71. The fourth-order valence-electron chi connectivity index (χ4n) is 2.71. The molecule has 6 nitrogen and oxygen atoms in total. The summed E-state index contributed by atoms with van der Waals surface area (Å²) in [5.41, 5.74) is 2.26. The summed E-state index contributed by atoms with van der Waals surface area (Å²) in [6, 6.07) is 18.1. The minimum atomic E-state index is -0.322. The van der Waals surface area contributed by atoms with E-state index in [-0.39, 0.29) is 17.6 Å². The number of furan rings is 1. The van der Waals surface area contributed by atoms with Crippen molar-refractivity contribution in [3.8, 4) is 0 Å². The molecule has 4 rings (SSSR count). The molecule has 0 fully saturated rings. The number of para-hydroxylation sites is 1. The monoisotopic (exact) mass is 391 g/mol. The highest BCUT2D eigenvalue weighted by molar-refractivity contribution is 7.18. The van der Waals surface area contributed by atoms with E-state index in [1.54, 1.807) is 47.7 Å². The molecule has 2 aromatic carbocycles. The molecule has 2 heterocycles. The number of fused-ring (bicyclic) bond motifs is 1. The molecule has 2 amide bonds. The maximum atomic E-state index is 12.2. The van der Waals surface area contributed by atoms with Gasteiger partial charge in [0, 0.05) is 24.2 Å². The molecule has 0 saturated heterocycles. The van der Waals surface area contributed by atoms with E-state index in [0.717, 1.165) is 15.2 Å². The Morgan fingerprint density at radius 2 is 1.68 bits per heavy atom. The molecule has 140 valence electrons. The molecule has 0 unspecified atom stereocenters. The minimum Gasteiger partial charge on any atom is -0.459 e. The van der Waals surface area contributed by atoms with Crippen LogP contribution in [0.1, 0.15) is 22.0 Å². The Hall–Kier alpha value is -3.45. The van der Waals surface area contributed by atoms with E-state index in [4.69, 9.17) is 4.42 Å². The largest absolute Gasteiger partial charge is 0.459 e. The molecule has 0 radical (unpaired) electrons. The maximum Gasteiger partial charge on any atom is 0.291 e. The Morgan fingerprint density at radius 1 is 0.929 bits per heavy atom. The molecule has 0 spiro atoms. The number of nitrogens with zero attached hydrogens (tertiary/aromatic N) is 1. The second kappa shape index (κ2) is 8.06. The molecule has 4 aromatic rings. The fraction of sp³-hybridized carbons (Fsp3) is 0.0952. The topological polar surface area (TPSA) is 84.2 Å². The van der Waals surface area contributed by atoms with E-state index in [1.165, 1.54) is 6.26 Å². The molecular weight excluding hydrogens is 374 g/mol. The van der Waals surface area contributed by atoms with Crippen LogP contribution in [-0.4, -0.2) is 16.8 Å². The summed E-state index contributed by atoms with van der Waals surface area (Å²) in [6.45, 7) is 0. The first-order chi connectivity index (χ1) is 13.7. The molecular formula is C21H17N3O3S. The first kappa shape index (κ1) is 17.9. The van der Waals surface area contributed by atoms with E-state index in [1.807, 2.05) is 24.3 Å². The van der Waals surface area contributed by atoms with E-state index in [9.17, 15) is 9.59 Å². The van der Waals surface area contributed by atoms with Crippen molar-refractivity contribution in [2.75, 3.05) is 10.6 Å². The van der Waals surface area contributed by atoms with Crippen molar-refractivity contribution in [1.29, 1.82) is 0 Å². The van der Waals surface area contributed by atoms with E-state index in [0.29, 0.717) is 24.2 Å². The van der Waals surface area contributed by atoms with Gasteiger partial charge in [0.25, 0.3) is 5.91 Å². The molecule has 0 saturated carbocycles. The van der Waals surface area contributed by atoms with Gasteiger partial charge in [0.2, 0.25) is 5.91 Å². The molecule has 2 N–H and O–H groups in total. The second-order valence-electron chi connectivity index (χ2n) is 6.13. The van der Waals surface area contributed by atoms with Crippen LogP contribution in [0.5, 0.6) is 0 Å². The number of aromatic nitrogens is 1. The smallest absolute Gasteiger partial charge is 0.291 e. The van der Waals surface area contributed by atoms with Gasteiger partial charge in [-0.1, -0.05) is 12.1 Å². The molecule has 0 bridgehead atoms. The third-order valence-electron chi connectivity index (χ3n) is 4.08. The van der Waals surface area contributed by atoms with Crippen LogP contribution in [0.25, 0.3) is 10.2 Å². The number of hydrogen-bond acceptors (Lipinski definition) is 5. The predicted molar refractivity (Wildman–Crippen MR) is 110 cm³/mol. The van der Waals surface area contributed by atoms with Gasteiger partial charge >= 0.3 is 0 Å². The highest BCUT2D eigenvalue weighted by Crippen LogP contribution is 2.22. The minimum absolute atomic E-state index is 0.0772. The lowest BCUT2D eigenvalue weighted by Crippen LogP contribution is -2.13. The average molecular weight is 391 g/mol. The van der Waals surface area contributed by atoms with Gasteiger partial charge in [-0.15, -0.1) is 11.3 Å². The Balaban J connectivity index is 1.30. The zero-order valence-electron chi connectivity index (χ0n) is 14.8. The standard InChI is InChI=1S/C21H17N3O3S/c25-19(11-12-20-24-16-4-1-2-6-18(16)28-20)22-14-7-9-15(10-8-14)23-21(26)17-5-3-13-27-17/h1-10,13H,11-12H2,(H,22,25)(H,23,26). The Morgan fingerprint density at radius 3 is 2.39 bits per heavy atom. The van der Waals surface area contributed by atoms with Crippen LogP contribution in [0.4, 0.5) is 11.4 Å². The van der Waals surface area contributed by atoms with Crippen molar-refractivity contribution in [1.82, 2.24) is 4.98 Å². The van der Waals surface area contributed by atoms with Gasteiger partial charge in [0.15, 0.2) is 5.76 Å². The van der Waals surface area contributed by atoms with Crippen molar-refractivity contribution in [3.63, 3.8) is 0 Å². The van der Waals surface area contributed by atoms with Gasteiger partial charge in [-0.2, -0.15) is 0 Å². The van der Waals surface area contributed by atoms with Gasteiger partial charge in [0.05, 0.1) is 21.5 Å². The number of aryl methyl sites for hydroxylation is 1. The third-order valence-corrected chi connectivity index (χ3v) is 5.17. The summed E-state index contributed by atoms with van der Waals surface area (Å²) in [5, 5.41) is 6.54. The summed E-state index contributed by atoms with van der Waals surface area (Å²) >= 11 is 1.61. The molecule has 0 atom stereocenters. The summed E-state index contributed by atoms with van der Waals surface area (Å²) in [6.07, 6.45) is 2.40. The summed E-state index contributed by atoms with van der Waals surface area (Å²) in [5.74, 6) is -0.156. The number of rotatable bonds is 6. The zero-order valence-corrected chi connectivity index (χ0v) is 15.7. The van der Waals surface area contributed by atoms with Gasteiger partial charge in [-0.05, 0) is 48.5 Å². The lowest BCUT2D eigenvalue weighted by molar-refractivity contribution is -0.116. The van der Waals surface area contributed by atoms with E-state index in [2.05, 4.69) is 15.6 Å². The van der Waals surface area contributed by atoms with Gasteiger partial charge < -0.3 is 15.1 Å². The lowest BCUT2D eigenvalue weighted by Gasteiger charge is -2.07. The molecule has 0 aliphatic heterocycles. The second-order valence-corrected chi connectivity index (χ2v) is 7.25. The molecule has 28 heavy (non-hydrogen) atoms. The number of nitrogens with one attached hydrogen (secondary N) is 2. The molecule has 0 aliphatic rings. The summed E-state index contributed by atoms with van der Waals surface area (Å²) in [7, 11) is 0. The number of benzene rings is 2. The van der Waals surface area contributed by atoms with Crippen LogP contribution < -0.4 is 10.6 Å². The molecule has 0 aliphatic carbocycles. The van der Waals surface area contributed by atoms with Gasteiger partial charge in [-0.25, -0.2) is 4.98 Å². The Bertz CT molecular complexity index is 1070. The van der Waals surface area contributed by atoms with Crippen LogP contribution in [0.3, 0.4) is 0 Å². The number of carbonyl (C=O) groups is 2. The molecule has 2 aromatic heterocycles. The Kier molecular flexibility index (Phi) is 5.16. The lowest BCUT2D eigenvalue weighted by atomic mass is 10.2. The van der Waals surface area contributed by atoms with Gasteiger partial charge in [-0.3, -0.25) is 9.59 Å². The highest BCUT2D eigenvalue weighted by atomic mass is 32.1. The Labute approximate surface area is 165 Å². The number of thiazole rings is 1. The first-order valence-corrected chi connectivity index (χ1v) is 9.58. The van der Waals surface area contributed by atoms with Crippen molar-refractivity contribution < 1.29 is 14.0 Å². The van der Waals surface area contributed by atoms with Crippen LogP contribution in [0.15, 0.2) is 71.3 Å². The number of carbonyl (C=O) groups excluding carboxylic acids is 2. The van der Waals surface area contributed by atoms with E-state index >= 15 is 0 Å². The van der Waals surface area contributed by atoms with Crippen molar-refractivity contribution >= 4 is 44.7 Å². The number of anilines is 2. The van der Waals surface area contributed by atoms with Crippen molar-refractivity contribution in [2.24, 2.45) is 0 Å². The van der Waals surface area contributed by atoms with Crippen molar-refractivity contribution in [2.45, 2.75) is 12.8 Å². The first-order valence-electron chi connectivity index (χ1n) is 8.76. The van der Waals surface area contributed by atoms with E-state index < -0.39 is 0 Å². The maximum absolute atomic E-state index is 12.2. The van der Waals surface area contributed by atoms with Crippen LogP contribution >= 0.6 is 11.3 Å². The quantitative estimate of drug-likeness (QED) is 0.498. The normalized spacial score (nSPS) is 10.7. The number of hydrogen-bond donors (Lipinski definition) is 2. The molecule has 7 heteroatoms. The van der Waals surface area contributed by atoms with Gasteiger partial charge in [0.1, 0.15) is 0 Å². The third kappa shape index (κ3) is 4.27. The van der Waals surface area contributed by atoms with Crippen LogP contribution in [0, 0.1) is 0 Å². The fourth-order valence-corrected chi connectivity index (χ4v) is 3.67. The highest BCUT2D eigenvalue weighted by Gasteiger charge is 2.10. The average Bonchev–Trinajstić information content (AvgIpc) is 3.37. The summed E-state index contributed by atoms with van der Waals surface area (Å²) in [4.78, 5) is 28.7. The number of amides is 2. The van der Waals surface area contributed by atoms with Crippen LogP contribution in [-0.2, 0) is 11.2 Å².